The van der Waals surface area contributed by atoms with E-state index in [1.54, 1.807) is 18.5 Å². The maximum absolute atomic E-state index is 5.76. The molecule has 6 rings (SSSR count). The Bertz CT molecular complexity index is 711. The van der Waals surface area contributed by atoms with Crippen molar-refractivity contribution in [1.82, 2.24) is 15.3 Å². The summed E-state index contributed by atoms with van der Waals surface area (Å²) >= 11 is 0. The first-order valence-corrected chi connectivity index (χ1v) is 9.55. The van der Waals surface area contributed by atoms with Crippen LogP contribution in [-0.4, -0.2) is 15.5 Å². The molecule has 1 heterocycles. The summed E-state index contributed by atoms with van der Waals surface area (Å²) in [5, 5.41) is 3.95. The average Bonchev–Trinajstić information content (AvgIpc) is 2.60. The molecule has 0 saturated heterocycles. The Balaban J connectivity index is 1.26. The predicted molar refractivity (Wildman–Crippen MR) is 96.3 cm³/mol. The molecule has 0 amide bonds. The van der Waals surface area contributed by atoms with E-state index in [0.29, 0.717) is 11.5 Å². The van der Waals surface area contributed by atoms with Crippen molar-refractivity contribution in [1.29, 1.82) is 0 Å². The van der Waals surface area contributed by atoms with Gasteiger partial charge in [-0.3, -0.25) is 0 Å². The van der Waals surface area contributed by atoms with Gasteiger partial charge in [-0.1, -0.05) is 12.1 Å². The molecule has 25 heavy (non-hydrogen) atoms. The third-order valence-electron chi connectivity index (χ3n) is 6.36. The second-order valence-electron chi connectivity index (χ2n) is 8.33. The van der Waals surface area contributed by atoms with Crippen LogP contribution in [0.2, 0.25) is 0 Å². The summed E-state index contributed by atoms with van der Waals surface area (Å²) in [5.41, 5.74) is 1.66. The number of benzene rings is 1. The SMILES string of the molecule is c1cnc(Oc2cccc(CNC34CC5CC(CC(C5)C3)C4)c2)nc1. The standard InChI is InChI=1S/C21H25N3O/c1-3-15(10-19(4-1)25-20-22-5-2-6-23-20)14-24-21-11-16-7-17(12-21)9-18(8-16)13-21/h1-6,10,16-18,24H,7-9,11-14H2. The van der Waals surface area contributed by atoms with E-state index in [1.165, 1.54) is 44.1 Å². The molecule has 4 aliphatic carbocycles. The highest BCUT2D eigenvalue weighted by atomic mass is 16.5. The van der Waals surface area contributed by atoms with Crippen molar-refractivity contribution >= 4 is 0 Å². The van der Waals surface area contributed by atoms with E-state index in [2.05, 4.69) is 33.5 Å². The van der Waals surface area contributed by atoms with Crippen LogP contribution in [0.3, 0.4) is 0 Å². The van der Waals surface area contributed by atoms with Crippen molar-refractivity contribution in [2.75, 3.05) is 0 Å². The van der Waals surface area contributed by atoms with Crippen LogP contribution < -0.4 is 10.1 Å². The van der Waals surface area contributed by atoms with Gasteiger partial charge in [-0.05, 0) is 80.0 Å². The molecule has 0 radical (unpaired) electrons. The van der Waals surface area contributed by atoms with Crippen molar-refractivity contribution < 1.29 is 4.74 Å². The van der Waals surface area contributed by atoms with Crippen molar-refractivity contribution in [3.8, 4) is 11.8 Å². The third kappa shape index (κ3) is 3.15. The maximum atomic E-state index is 5.76. The molecule has 4 aliphatic rings. The van der Waals surface area contributed by atoms with Gasteiger partial charge in [-0.15, -0.1) is 0 Å². The highest BCUT2D eigenvalue weighted by Gasteiger charge is 2.50. The summed E-state index contributed by atoms with van der Waals surface area (Å²) in [5.74, 6) is 3.73. The molecule has 1 aromatic heterocycles. The Hall–Kier alpha value is -1.94. The predicted octanol–water partition coefficient (Wildman–Crippen LogP) is 4.33. The van der Waals surface area contributed by atoms with Crippen molar-refractivity contribution in [2.24, 2.45) is 17.8 Å². The van der Waals surface area contributed by atoms with E-state index in [0.717, 1.165) is 30.0 Å². The zero-order valence-electron chi connectivity index (χ0n) is 14.5. The molecule has 4 nitrogen and oxygen atoms in total. The second-order valence-corrected chi connectivity index (χ2v) is 8.33. The topological polar surface area (TPSA) is 47.0 Å². The second kappa shape index (κ2) is 6.10. The van der Waals surface area contributed by atoms with Crippen molar-refractivity contribution in [3.05, 3.63) is 48.3 Å². The largest absolute Gasteiger partial charge is 0.424 e. The van der Waals surface area contributed by atoms with Crippen molar-refractivity contribution in [2.45, 2.75) is 50.6 Å². The molecule has 0 unspecified atom stereocenters. The van der Waals surface area contributed by atoms with Gasteiger partial charge >= 0.3 is 6.01 Å². The first kappa shape index (κ1) is 15.3. The molecule has 4 heteroatoms. The Morgan fingerprint density at radius 1 is 0.960 bits per heavy atom. The fraction of sp³-hybridized carbons (Fsp3) is 0.524. The van der Waals surface area contributed by atoms with Crippen LogP contribution in [0.5, 0.6) is 11.8 Å². The number of ether oxygens (including phenoxy) is 1. The van der Waals surface area contributed by atoms with E-state index in [4.69, 9.17) is 4.74 Å². The normalized spacial score (nSPS) is 32.7. The Kier molecular flexibility index (Phi) is 3.74. The molecule has 0 spiro atoms. The Morgan fingerprint density at radius 2 is 1.64 bits per heavy atom. The van der Waals surface area contributed by atoms with Crippen LogP contribution in [0.25, 0.3) is 0 Å². The summed E-state index contributed by atoms with van der Waals surface area (Å²) in [6.07, 6.45) is 12.0. The molecule has 1 aromatic carbocycles. The number of hydrogen-bond donors (Lipinski definition) is 1. The van der Waals surface area contributed by atoms with Gasteiger partial charge < -0.3 is 10.1 Å². The molecular weight excluding hydrogens is 310 g/mol. The summed E-state index contributed by atoms with van der Waals surface area (Å²) in [6.45, 7) is 0.916. The summed E-state index contributed by atoms with van der Waals surface area (Å²) in [7, 11) is 0. The summed E-state index contributed by atoms with van der Waals surface area (Å²) < 4.78 is 5.76. The smallest absolute Gasteiger partial charge is 0.321 e. The van der Waals surface area contributed by atoms with Crippen LogP contribution in [-0.2, 0) is 6.54 Å². The third-order valence-corrected chi connectivity index (χ3v) is 6.36. The number of nitrogens with one attached hydrogen (secondary N) is 1. The van der Waals surface area contributed by atoms with Crippen LogP contribution in [0, 0.1) is 17.8 Å². The first-order valence-electron chi connectivity index (χ1n) is 9.55. The first-order chi connectivity index (χ1) is 12.3. The highest BCUT2D eigenvalue weighted by molar-refractivity contribution is 5.30. The summed E-state index contributed by atoms with van der Waals surface area (Å²) in [6, 6.07) is 10.5. The van der Waals surface area contributed by atoms with Crippen LogP contribution >= 0.6 is 0 Å². The quantitative estimate of drug-likeness (QED) is 0.883. The fourth-order valence-corrected chi connectivity index (χ4v) is 5.78. The molecule has 0 atom stereocenters. The molecule has 130 valence electrons. The zero-order chi connectivity index (χ0) is 16.7. The lowest BCUT2D eigenvalue weighted by atomic mass is 9.53. The van der Waals surface area contributed by atoms with Gasteiger partial charge in [-0.2, -0.15) is 0 Å². The lowest BCUT2D eigenvalue weighted by Crippen LogP contribution is -2.58. The van der Waals surface area contributed by atoms with E-state index >= 15 is 0 Å². The fourth-order valence-electron chi connectivity index (χ4n) is 5.78. The average molecular weight is 335 g/mol. The van der Waals surface area contributed by atoms with Gasteiger partial charge in [0.2, 0.25) is 0 Å². The van der Waals surface area contributed by atoms with Gasteiger partial charge in [0.1, 0.15) is 5.75 Å². The minimum Gasteiger partial charge on any atom is -0.424 e. The maximum Gasteiger partial charge on any atom is 0.321 e. The van der Waals surface area contributed by atoms with Crippen LogP contribution in [0.4, 0.5) is 0 Å². The zero-order valence-corrected chi connectivity index (χ0v) is 14.5. The number of hydrogen-bond acceptors (Lipinski definition) is 4. The molecule has 4 fully saturated rings. The lowest BCUT2D eigenvalue weighted by molar-refractivity contribution is -0.0206. The Labute approximate surface area is 149 Å². The van der Waals surface area contributed by atoms with Crippen LogP contribution in [0.1, 0.15) is 44.1 Å². The van der Waals surface area contributed by atoms with Crippen LogP contribution in [0.15, 0.2) is 42.7 Å². The molecular formula is C21H25N3O. The van der Waals surface area contributed by atoms with Gasteiger partial charge in [-0.25, -0.2) is 9.97 Å². The van der Waals surface area contributed by atoms with E-state index < -0.39 is 0 Å². The highest BCUT2D eigenvalue weighted by Crippen LogP contribution is 2.55. The van der Waals surface area contributed by atoms with Crippen molar-refractivity contribution in [3.63, 3.8) is 0 Å². The molecule has 4 bridgehead atoms. The minimum atomic E-state index is 0.397. The lowest BCUT2D eigenvalue weighted by Gasteiger charge is -2.57. The van der Waals surface area contributed by atoms with Gasteiger partial charge in [0.25, 0.3) is 0 Å². The molecule has 1 N–H and O–H groups in total. The van der Waals surface area contributed by atoms with Gasteiger partial charge in [0.05, 0.1) is 0 Å². The molecule has 2 aromatic rings. The van der Waals surface area contributed by atoms with E-state index in [-0.39, 0.29) is 0 Å². The molecule has 4 saturated carbocycles. The number of nitrogens with zero attached hydrogens (tertiary/aromatic N) is 2. The monoisotopic (exact) mass is 335 g/mol. The van der Waals surface area contributed by atoms with E-state index in [1.807, 2.05) is 6.07 Å². The number of aromatic nitrogens is 2. The molecule has 0 aliphatic heterocycles. The number of rotatable bonds is 5. The van der Waals surface area contributed by atoms with Gasteiger partial charge in [0.15, 0.2) is 0 Å². The van der Waals surface area contributed by atoms with E-state index in [9.17, 15) is 0 Å². The summed E-state index contributed by atoms with van der Waals surface area (Å²) in [4.78, 5) is 8.26. The van der Waals surface area contributed by atoms with Gasteiger partial charge in [0, 0.05) is 24.5 Å². The minimum absolute atomic E-state index is 0.397. The Morgan fingerprint density at radius 3 is 2.32 bits per heavy atom.